The predicted octanol–water partition coefficient (Wildman–Crippen LogP) is 3.90. The lowest BCUT2D eigenvalue weighted by molar-refractivity contribution is -0.117. The molecule has 1 aliphatic heterocycles. The smallest absolute Gasteiger partial charge is 0.253 e. The summed E-state index contributed by atoms with van der Waals surface area (Å²) in [4.78, 5) is 36.3. The van der Waals surface area contributed by atoms with Crippen LogP contribution in [0.1, 0.15) is 37.8 Å². The van der Waals surface area contributed by atoms with Crippen molar-refractivity contribution in [1.29, 1.82) is 0 Å². The zero-order valence-electron chi connectivity index (χ0n) is 17.2. The fourth-order valence-corrected chi connectivity index (χ4v) is 3.87. The highest BCUT2D eigenvalue weighted by Gasteiger charge is 2.18. The average molecular weight is 442 g/mol. The van der Waals surface area contributed by atoms with Gasteiger partial charge in [-0.3, -0.25) is 9.59 Å². The molecule has 1 aliphatic rings. The van der Waals surface area contributed by atoms with Gasteiger partial charge < -0.3 is 20.4 Å². The molecule has 9 heteroatoms. The number of hydrogen-bond acceptors (Lipinski definition) is 6. The van der Waals surface area contributed by atoms with Gasteiger partial charge in [-0.15, -0.1) is 0 Å². The molecule has 8 nitrogen and oxygen atoms in total. The maximum absolute atomic E-state index is 12.5. The summed E-state index contributed by atoms with van der Waals surface area (Å²) in [6.07, 6.45) is 3.80. The van der Waals surface area contributed by atoms with E-state index in [0.717, 1.165) is 23.7 Å². The minimum Gasteiger partial charge on any atom is -0.381 e. The average Bonchev–Trinajstić information content (AvgIpc) is 2.74. The zero-order valence-corrected chi connectivity index (χ0v) is 17.9. The van der Waals surface area contributed by atoms with Crippen LogP contribution in [0.3, 0.4) is 0 Å². The Labute approximate surface area is 184 Å². The van der Waals surface area contributed by atoms with E-state index >= 15 is 0 Å². The number of aromatic amines is 1. The number of rotatable bonds is 6. The Morgan fingerprint density at radius 1 is 1.29 bits per heavy atom. The van der Waals surface area contributed by atoms with Crippen molar-refractivity contribution in [1.82, 2.24) is 15.0 Å². The number of carbonyl (C=O) groups is 1. The SMILES string of the molecule is C[C@H](Nc1nccc(NC(=O)CC2CCOCC2)n1)c1cc2cc(Cl)ccc2[nH]c1=O. The molecular formula is C22H24ClN5O3. The van der Waals surface area contributed by atoms with Gasteiger partial charge in [-0.2, -0.15) is 4.98 Å². The van der Waals surface area contributed by atoms with Crippen LogP contribution in [0.15, 0.2) is 41.3 Å². The van der Waals surface area contributed by atoms with Crippen LogP contribution in [0.4, 0.5) is 11.8 Å². The Kier molecular flexibility index (Phi) is 6.48. The molecule has 0 saturated carbocycles. The van der Waals surface area contributed by atoms with Crippen molar-refractivity contribution in [2.24, 2.45) is 5.92 Å². The molecule has 1 fully saturated rings. The number of hydrogen-bond donors (Lipinski definition) is 3. The molecule has 0 bridgehead atoms. The Morgan fingerprint density at radius 2 is 2.10 bits per heavy atom. The van der Waals surface area contributed by atoms with Crippen LogP contribution in [0.5, 0.6) is 0 Å². The van der Waals surface area contributed by atoms with Crippen molar-refractivity contribution >= 4 is 40.2 Å². The number of nitrogens with zero attached hydrogens (tertiary/aromatic N) is 2. The number of anilines is 2. The normalized spacial score (nSPS) is 15.5. The first-order valence-corrected chi connectivity index (χ1v) is 10.7. The highest BCUT2D eigenvalue weighted by atomic mass is 35.5. The van der Waals surface area contributed by atoms with Crippen molar-refractivity contribution in [3.05, 3.63) is 57.5 Å². The number of fused-ring (bicyclic) bond motifs is 1. The maximum atomic E-state index is 12.5. The number of nitrogens with one attached hydrogen (secondary N) is 3. The molecule has 3 aromatic rings. The molecule has 0 aliphatic carbocycles. The van der Waals surface area contributed by atoms with Gasteiger partial charge in [0.05, 0.1) is 6.04 Å². The molecular weight excluding hydrogens is 418 g/mol. The fraction of sp³-hybridized carbons (Fsp3) is 0.364. The summed E-state index contributed by atoms with van der Waals surface area (Å²) < 4.78 is 5.33. The summed E-state index contributed by atoms with van der Waals surface area (Å²) in [6.45, 7) is 3.26. The minimum absolute atomic E-state index is 0.0764. The van der Waals surface area contributed by atoms with Crippen LogP contribution < -0.4 is 16.2 Å². The number of halogens is 1. The van der Waals surface area contributed by atoms with Gasteiger partial charge in [-0.25, -0.2) is 4.98 Å². The standard InChI is InChI=1S/C22H24ClN5O3/c1-13(17-12-15-11-16(23)2-3-18(15)26-21(17)30)25-22-24-7-4-19(28-22)27-20(29)10-14-5-8-31-9-6-14/h2-4,7,11-14H,5-6,8-10H2,1H3,(H,26,30)(H2,24,25,27,28,29)/t13-/m0/s1. The Bertz CT molecular complexity index is 1140. The van der Waals surface area contributed by atoms with E-state index < -0.39 is 0 Å². The number of pyridine rings is 1. The van der Waals surface area contributed by atoms with Gasteiger partial charge in [0.15, 0.2) is 0 Å². The van der Waals surface area contributed by atoms with Gasteiger partial charge in [0, 0.05) is 47.3 Å². The van der Waals surface area contributed by atoms with E-state index in [4.69, 9.17) is 16.3 Å². The molecule has 3 N–H and O–H groups in total. The molecule has 1 amide bonds. The molecule has 0 spiro atoms. The fourth-order valence-electron chi connectivity index (χ4n) is 3.69. The summed E-state index contributed by atoms with van der Waals surface area (Å²) >= 11 is 6.07. The molecule has 1 atom stereocenters. The Morgan fingerprint density at radius 3 is 2.90 bits per heavy atom. The van der Waals surface area contributed by atoms with Crippen LogP contribution in [0, 0.1) is 5.92 Å². The number of benzene rings is 1. The van der Waals surface area contributed by atoms with Gasteiger partial charge in [0.2, 0.25) is 11.9 Å². The number of aromatic nitrogens is 3. The van der Waals surface area contributed by atoms with E-state index in [1.54, 1.807) is 36.5 Å². The van der Waals surface area contributed by atoms with Gasteiger partial charge in [-0.05, 0) is 56.0 Å². The first kappa shape index (κ1) is 21.3. The van der Waals surface area contributed by atoms with E-state index in [0.29, 0.717) is 47.9 Å². The number of H-pyrrole nitrogens is 1. The van der Waals surface area contributed by atoms with Crippen LogP contribution >= 0.6 is 11.6 Å². The molecule has 162 valence electrons. The van der Waals surface area contributed by atoms with E-state index in [9.17, 15) is 9.59 Å². The van der Waals surface area contributed by atoms with E-state index in [1.807, 2.05) is 6.92 Å². The summed E-state index contributed by atoms with van der Waals surface area (Å²) in [5.74, 6) is 0.997. The molecule has 1 aromatic carbocycles. The summed E-state index contributed by atoms with van der Waals surface area (Å²) in [7, 11) is 0. The number of carbonyl (C=O) groups excluding carboxylic acids is 1. The topological polar surface area (TPSA) is 109 Å². The van der Waals surface area contributed by atoms with Crippen molar-refractivity contribution in [2.45, 2.75) is 32.2 Å². The lowest BCUT2D eigenvalue weighted by atomic mass is 9.96. The second kappa shape index (κ2) is 9.45. The third-order valence-electron chi connectivity index (χ3n) is 5.39. The lowest BCUT2D eigenvalue weighted by Gasteiger charge is -2.21. The first-order chi connectivity index (χ1) is 15.0. The first-order valence-electron chi connectivity index (χ1n) is 10.3. The molecule has 3 heterocycles. The van der Waals surface area contributed by atoms with Crippen molar-refractivity contribution < 1.29 is 9.53 Å². The third kappa shape index (κ3) is 5.39. The highest BCUT2D eigenvalue weighted by Crippen LogP contribution is 2.22. The monoisotopic (exact) mass is 441 g/mol. The molecule has 0 unspecified atom stereocenters. The largest absolute Gasteiger partial charge is 0.381 e. The highest BCUT2D eigenvalue weighted by molar-refractivity contribution is 6.31. The maximum Gasteiger partial charge on any atom is 0.253 e. The Hall–Kier alpha value is -2.97. The van der Waals surface area contributed by atoms with Gasteiger partial charge in [0.25, 0.3) is 5.56 Å². The summed E-state index contributed by atoms with van der Waals surface area (Å²) in [5.41, 5.74) is 1.05. The zero-order chi connectivity index (χ0) is 21.8. The molecule has 0 radical (unpaired) electrons. The van der Waals surface area contributed by atoms with Gasteiger partial charge in [-0.1, -0.05) is 11.6 Å². The van der Waals surface area contributed by atoms with Crippen LogP contribution in [0.2, 0.25) is 5.02 Å². The number of amides is 1. The van der Waals surface area contributed by atoms with Crippen molar-refractivity contribution in [3.63, 3.8) is 0 Å². The lowest BCUT2D eigenvalue weighted by Crippen LogP contribution is -2.23. The predicted molar refractivity (Wildman–Crippen MR) is 120 cm³/mol. The number of ether oxygens (including phenoxy) is 1. The molecule has 4 rings (SSSR count). The molecule has 31 heavy (non-hydrogen) atoms. The van der Waals surface area contributed by atoms with Crippen LogP contribution in [-0.4, -0.2) is 34.1 Å². The van der Waals surface area contributed by atoms with E-state index in [1.165, 1.54) is 0 Å². The molecule has 1 saturated heterocycles. The van der Waals surface area contributed by atoms with Crippen LogP contribution in [0.25, 0.3) is 10.9 Å². The van der Waals surface area contributed by atoms with Crippen LogP contribution in [-0.2, 0) is 9.53 Å². The van der Waals surface area contributed by atoms with Gasteiger partial charge >= 0.3 is 0 Å². The van der Waals surface area contributed by atoms with Crippen molar-refractivity contribution in [2.75, 3.05) is 23.8 Å². The van der Waals surface area contributed by atoms with E-state index in [-0.39, 0.29) is 17.5 Å². The molecule has 2 aromatic heterocycles. The third-order valence-corrected chi connectivity index (χ3v) is 5.62. The minimum atomic E-state index is -0.361. The van der Waals surface area contributed by atoms with Crippen molar-refractivity contribution in [3.8, 4) is 0 Å². The second-order valence-electron chi connectivity index (χ2n) is 7.72. The second-order valence-corrected chi connectivity index (χ2v) is 8.16. The quantitative estimate of drug-likeness (QED) is 0.535. The van der Waals surface area contributed by atoms with E-state index in [2.05, 4.69) is 25.6 Å². The Balaban J connectivity index is 1.44. The summed E-state index contributed by atoms with van der Waals surface area (Å²) in [5, 5.41) is 7.40. The van der Waals surface area contributed by atoms with Gasteiger partial charge in [0.1, 0.15) is 5.82 Å². The summed E-state index contributed by atoms with van der Waals surface area (Å²) in [6, 6.07) is 8.39.